The number of nitrogens with zero attached hydrogens (tertiary/aromatic N) is 5. The van der Waals surface area contributed by atoms with Crippen molar-refractivity contribution >= 4 is 29.9 Å². The van der Waals surface area contributed by atoms with Gasteiger partial charge in [0.2, 0.25) is 17.7 Å². The topological polar surface area (TPSA) is 195 Å². The maximum atomic E-state index is 13.7. The summed E-state index contributed by atoms with van der Waals surface area (Å²) in [5.41, 5.74) is 5.59. The van der Waals surface area contributed by atoms with Gasteiger partial charge in [-0.25, -0.2) is 19.6 Å². The number of hydrogen-bond donors (Lipinski definition) is 4. The van der Waals surface area contributed by atoms with Crippen molar-refractivity contribution in [3.05, 3.63) is 72.6 Å². The van der Waals surface area contributed by atoms with Gasteiger partial charge in [-0.05, 0) is 53.9 Å². The van der Waals surface area contributed by atoms with Crippen LogP contribution in [0.2, 0.25) is 0 Å². The monoisotopic (exact) mass is 781 g/mol. The first kappa shape index (κ1) is 40.5. The fourth-order valence-electron chi connectivity index (χ4n) is 7.46. The predicted octanol–water partition coefficient (Wildman–Crippen LogP) is 5.04. The number of imidazole rings is 2. The molecule has 6 rings (SSSR count). The number of carbonyl (C=O) groups excluding carboxylic acids is 5. The summed E-state index contributed by atoms with van der Waals surface area (Å²) in [6.07, 6.45) is 4.99. The van der Waals surface area contributed by atoms with Crippen LogP contribution in [-0.2, 0) is 23.9 Å². The molecule has 0 saturated carbocycles. The van der Waals surface area contributed by atoms with Crippen molar-refractivity contribution < 1.29 is 33.4 Å². The molecule has 4 aromatic rings. The number of alkyl carbamates (subject to hydrolysis) is 2. The Balaban J connectivity index is 1.11. The molecule has 2 aliphatic rings. The zero-order valence-electron chi connectivity index (χ0n) is 33.2. The lowest BCUT2D eigenvalue weighted by Crippen LogP contribution is -2.51. The summed E-state index contributed by atoms with van der Waals surface area (Å²) in [6, 6.07) is 14.0. The SMILES string of the molecule is COC(=O)NC(C(=O)N1CCC[C@H]1c1ncc(-c2ccc(-c3ccc(-c4cnc([C@@H]5CCCN5C(=O)[C@H](CC(=O)N(C)C)NC(=O)OC)[nH]4)cc3)cc2)[nH]1)C(C)C. The molecule has 0 aliphatic carbocycles. The molecule has 57 heavy (non-hydrogen) atoms. The van der Waals surface area contributed by atoms with Crippen LogP contribution in [0.5, 0.6) is 0 Å². The molecule has 16 nitrogen and oxygen atoms in total. The van der Waals surface area contributed by atoms with E-state index in [9.17, 15) is 24.0 Å². The van der Waals surface area contributed by atoms with E-state index in [1.54, 1.807) is 36.3 Å². The van der Waals surface area contributed by atoms with Crippen LogP contribution in [-0.4, -0.2) is 118 Å². The number of hydrogen-bond acceptors (Lipinski definition) is 9. The highest BCUT2D eigenvalue weighted by molar-refractivity contribution is 5.91. The number of amides is 5. The highest BCUT2D eigenvalue weighted by atomic mass is 16.5. The molecule has 2 aliphatic heterocycles. The lowest BCUT2D eigenvalue weighted by molar-refractivity contribution is -0.138. The van der Waals surface area contributed by atoms with Crippen LogP contribution >= 0.6 is 0 Å². The second-order valence-electron chi connectivity index (χ2n) is 14.9. The summed E-state index contributed by atoms with van der Waals surface area (Å²) in [7, 11) is 5.69. The van der Waals surface area contributed by atoms with Crippen LogP contribution in [0.1, 0.15) is 69.7 Å². The van der Waals surface area contributed by atoms with Crippen LogP contribution in [0, 0.1) is 5.92 Å². The highest BCUT2D eigenvalue weighted by Crippen LogP contribution is 2.35. The van der Waals surface area contributed by atoms with Gasteiger partial charge < -0.3 is 44.8 Å². The molecule has 2 aromatic carbocycles. The third-order valence-electron chi connectivity index (χ3n) is 10.7. The molecule has 0 bridgehead atoms. The number of H-pyrrole nitrogens is 2. The Morgan fingerprint density at radius 3 is 1.60 bits per heavy atom. The van der Waals surface area contributed by atoms with E-state index >= 15 is 0 Å². The van der Waals surface area contributed by atoms with Crippen molar-refractivity contribution in [1.29, 1.82) is 0 Å². The van der Waals surface area contributed by atoms with Crippen molar-refractivity contribution in [2.75, 3.05) is 41.4 Å². The number of likely N-dealkylation sites (tertiary alicyclic amines) is 2. The number of aromatic nitrogens is 4. The van der Waals surface area contributed by atoms with Gasteiger partial charge in [-0.15, -0.1) is 0 Å². The third-order valence-corrected chi connectivity index (χ3v) is 10.7. The number of carbonyl (C=O) groups is 5. The van der Waals surface area contributed by atoms with Gasteiger partial charge in [0.05, 0.1) is 56.5 Å². The van der Waals surface area contributed by atoms with Gasteiger partial charge in [-0.1, -0.05) is 62.4 Å². The van der Waals surface area contributed by atoms with Gasteiger partial charge >= 0.3 is 12.2 Å². The van der Waals surface area contributed by atoms with Crippen molar-refractivity contribution in [3.63, 3.8) is 0 Å². The number of aromatic amines is 2. The molecule has 4 N–H and O–H groups in total. The quantitative estimate of drug-likeness (QED) is 0.152. The van der Waals surface area contributed by atoms with E-state index in [2.05, 4.69) is 42.7 Å². The fourth-order valence-corrected chi connectivity index (χ4v) is 7.46. The normalized spacial score (nSPS) is 17.6. The van der Waals surface area contributed by atoms with Crippen molar-refractivity contribution in [1.82, 2.24) is 45.3 Å². The van der Waals surface area contributed by atoms with Crippen LogP contribution in [0.15, 0.2) is 60.9 Å². The van der Waals surface area contributed by atoms with Crippen molar-refractivity contribution in [2.24, 2.45) is 5.92 Å². The molecule has 0 radical (unpaired) electrons. The van der Waals surface area contributed by atoms with E-state index in [0.29, 0.717) is 31.2 Å². The Bertz CT molecular complexity index is 2060. The number of rotatable bonds is 12. The molecule has 4 atom stereocenters. The second kappa shape index (κ2) is 17.7. The van der Waals surface area contributed by atoms with E-state index in [4.69, 9.17) is 9.47 Å². The van der Waals surface area contributed by atoms with Crippen LogP contribution in [0.4, 0.5) is 9.59 Å². The van der Waals surface area contributed by atoms with E-state index in [1.165, 1.54) is 19.1 Å². The Kier molecular flexibility index (Phi) is 12.6. The minimum Gasteiger partial charge on any atom is -0.453 e. The summed E-state index contributed by atoms with van der Waals surface area (Å²) >= 11 is 0. The van der Waals surface area contributed by atoms with Gasteiger partial charge in [-0.3, -0.25) is 14.4 Å². The zero-order chi connectivity index (χ0) is 40.8. The summed E-state index contributed by atoms with van der Waals surface area (Å²) in [5.74, 6) is 0.428. The van der Waals surface area contributed by atoms with Gasteiger partial charge in [0, 0.05) is 27.2 Å². The average molecular weight is 782 g/mol. The molecule has 302 valence electrons. The van der Waals surface area contributed by atoms with Crippen molar-refractivity contribution in [2.45, 2.75) is 70.1 Å². The first-order chi connectivity index (χ1) is 27.4. The second-order valence-corrected chi connectivity index (χ2v) is 14.9. The largest absolute Gasteiger partial charge is 0.453 e. The third kappa shape index (κ3) is 9.11. The maximum absolute atomic E-state index is 13.7. The molecule has 0 spiro atoms. The van der Waals surface area contributed by atoms with E-state index in [0.717, 1.165) is 52.9 Å². The van der Waals surface area contributed by atoms with Crippen LogP contribution in [0.25, 0.3) is 33.6 Å². The summed E-state index contributed by atoms with van der Waals surface area (Å²) in [6.45, 7) is 4.84. The van der Waals surface area contributed by atoms with Crippen LogP contribution < -0.4 is 10.6 Å². The molecule has 2 fully saturated rings. The van der Waals surface area contributed by atoms with Crippen molar-refractivity contribution in [3.8, 4) is 33.6 Å². The van der Waals surface area contributed by atoms with Gasteiger partial charge in [-0.2, -0.15) is 0 Å². The number of ether oxygens (including phenoxy) is 2. The Morgan fingerprint density at radius 1 is 0.719 bits per heavy atom. The Hall–Kier alpha value is -6.19. The van der Waals surface area contributed by atoms with E-state index < -0.39 is 24.3 Å². The lowest BCUT2D eigenvalue weighted by atomic mass is 10.0. The average Bonchev–Trinajstić information content (AvgIpc) is 4.06. The fraction of sp³-hybridized carbons (Fsp3) is 0.439. The minimum absolute atomic E-state index is 0.114. The molecule has 5 amide bonds. The molecular formula is C41H51N9O7. The van der Waals surface area contributed by atoms with Gasteiger partial charge in [0.1, 0.15) is 23.7 Å². The maximum Gasteiger partial charge on any atom is 0.407 e. The van der Waals surface area contributed by atoms with E-state index in [-0.39, 0.29) is 42.1 Å². The standard InChI is InChI=1S/C41H51N9O7/c1-24(2)35(47-41(55)57-6)39(53)50-20-8-10-33(50)37-43-23-31(45-37)28-17-13-26(14-18-28)25-11-15-27(16-12-25)30-22-42-36(44-30)32-9-7-19-49(32)38(52)29(46-40(54)56-5)21-34(51)48(3)4/h11-18,22-24,29,32-33,35H,7-10,19-21H2,1-6H3,(H,42,44)(H,43,45)(H,46,54)(H,47,55)/t29-,32-,33-,35?/m0/s1. The first-order valence-corrected chi connectivity index (χ1v) is 19.2. The Labute approximate surface area is 331 Å². The molecule has 2 aromatic heterocycles. The molecule has 1 unspecified atom stereocenters. The highest BCUT2D eigenvalue weighted by Gasteiger charge is 2.39. The summed E-state index contributed by atoms with van der Waals surface area (Å²) < 4.78 is 9.47. The summed E-state index contributed by atoms with van der Waals surface area (Å²) in [5, 5.41) is 5.22. The number of methoxy groups -OCH3 is 2. The van der Waals surface area contributed by atoms with Crippen LogP contribution in [0.3, 0.4) is 0 Å². The van der Waals surface area contributed by atoms with Gasteiger partial charge in [0.25, 0.3) is 0 Å². The summed E-state index contributed by atoms with van der Waals surface area (Å²) in [4.78, 5) is 84.6. The number of nitrogens with one attached hydrogen (secondary N) is 4. The first-order valence-electron chi connectivity index (χ1n) is 19.2. The molecular weight excluding hydrogens is 731 g/mol. The minimum atomic E-state index is -1.07. The molecule has 16 heteroatoms. The predicted molar refractivity (Wildman–Crippen MR) is 211 cm³/mol. The Morgan fingerprint density at radius 2 is 1.16 bits per heavy atom. The number of benzene rings is 2. The molecule has 4 heterocycles. The van der Waals surface area contributed by atoms with E-state index in [1.807, 2.05) is 50.2 Å². The lowest BCUT2D eigenvalue weighted by Gasteiger charge is -2.30. The smallest absolute Gasteiger partial charge is 0.407 e. The van der Waals surface area contributed by atoms with Gasteiger partial charge in [0.15, 0.2) is 0 Å². The molecule has 2 saturated heterocycles. The zero-order valence-corrected chi connectivity index (χ0v) is 33.2.